The number of ether oxygens (including phenoxy) is 1. The van der Waals surface area contributed by atoms with Crippen molar-refractivity contribution in [3.63, 3.8) is 0 Å². The molecule has 3 rings (SSSR count). The lowest BCUT2D eigenvalue weighted by Crippen LogP contribution is -2.45. The molecule has 1 amide bonds. The average molecular weight is 539 g/mol. The molecule has 13 heteroatoms. The van der Waals surface area contributed by atoms with Crippen molar-refractivity contribution in [2.24, 2.45) is 0 Å². The normalized spacial score (nSPS) is 16.3. The van der Waals surface area contributed by atoms with Gasteiger partial charge in [0.05, 0.1) is 0 Å². The molecule has 2 N–H and O–H groups in total. The molecule has 0 unspecified atom stereocenters. The first-order valence-corrected chi connectivity index (χ1v) is 12.5. The first-order chi connectivity index (χ1) is 17.6. The summed E-state index contributed by atoms with van der Waals surface area (Å²) in [6.45, 7) is 5.62. The third kappa shape index (κ3) is 8.08. The van der Waals surface area contributed by atoms with Crippen LogP contribution < -0.4 is 30.1 Å². The molecule has 0 atom stereocenters. The van der Waals surface area contributed by atoms with Crippen LogP contribution in [-0.4, -0.2) is 79.4 Å². The number of halogens is 3. The van der Waals surface area contributed by atoms with Gasteiger partial charge in [-0.25, -0.2) is 0 Å². The highest BCUT2D eigenvalue weighted by molar-refractivity contribution is 7.07. The quantitative estimate of drug-likeness (QED) is 0.486. The highest BCUT2D eigenvalue weighted by Gasteiger charge is 2.29. The number of likely N-dealkylation sites (N-methyl/N-ethyl adjacent to an activating group) is 1. The SMILES string of the molecule is CCn1c(=O)c(=CNc2cccc(OCCN3CCN(C)CC3)c2)s/c1=C(/C#N)C(=O)NCC(F)(F)F. The lowest BCUT2D eigenvalue weighted by Gasteiger charge is -2.32. The highest BCUT2D eigenvalue weighted by Crippen LogP contribution is 2.17. The van der Waals surface area contributed by atoms with E-state index in [0.717, 1.165) is 44.1 Å². The fraction of sp³-hybridized carbons (Fsp3) is 0.458. The van der Waals surface area contributed by atoms with Crippen LogP contribution in [0.1, 0.15) is 6.92 Å². The van der Waals surface area contributed by atoms with Crippen LogP contribution >= 0.6 is 11.3 Å². The zero-order valence-electron chi connectivity index (χ0n) is 20.6. The van der Waals surface area contributed by atoms with E-state index >= 15 is 0 Å². The Labute approximate surface area is 216 Å². The maximum atomic E-state index is 12.8. The van der Waals surface area contributed by atoms with Gasteiger partial charge in [-0.15, -0.1) is 11.3 Å². The van der Waals surface area contributed by atoms with Crippen LogP contribution in [0.15, 0.2) is 29.1 Å². The Balaban J connectivity index is 1.74. The lowest BCUT2D eigenvalue weighted by atomic mass is 10.3. The second kappa shape index (κ2) is 12.8. The number of alkyl halides is 3. The minimum Gasteiger partial charge on any atom is -0.492 e. The molecule has 2 heterocycles. The standard InChI is InChI=1S/C24H29F3N6O3S/c1-3-33-22(35)20(37-23(33)19(14-28)21(34)30-16-24(25,26)27)15-29-17-5-4-6-18(13-17)36-12-11-32-9-7-31(2)8-10-32/h4-6,13,15,29H,3,7-12,16H2,1-2H3,(H,30,34)/b20-15?,23-19-. The molecule has 1 aliphatic heterocycles. The third-order valence-corrected chi connectivity index (χ3v) is 6.83. The zero-order valence-corrected chi connectivity index (χ0v) is 21.4. The van der Waals surface area contributed by atoms with Gasteiger partial charge < -0.3 is 20.3 Å². The fourth-order valence-electron chi connectivity index (χ4n) is 3.65. The summed E-state index contributed by atoms with van der Waals surface area (Å²) in [5, 5.41) is 14.1. The topological polar surface area (TPSA) is 103 Å². The number of thiazole rings is 1. The maximum absolute atomic E-state index is 12.8. The summed E-state index contributed by atoms with van der Waals surface area (Å²) in [6.07, 6.45) is -3.18. The van der Waals surface area contributed by atoms with Gasteiger partial charge in [-0.3, -0.25) is 19.1 Å². The molecule has 0 saturated carbocycles. The van der Waals surface area contributed by atoms with E-state index in [1.54, 1.807) is 36.5 Å². The van der Waals surface area contributed by atoms with Crippen LogP contribution in [0.5, 0.6) is 5.75 Å². The largest absolute Gasteiger partial charge is 0.492 e. The van der Waals surface area contributed by atoms with Crippen LogP contribution in [0, 0.1) is 11.3 Å². The number of aromatic nitrogens is 1. The minimum absolute atomic E-state index is 0.0104. The third-order valence-electron chi connectivity index (χ3n) is 5.70. The number of anilines is 1. The Morgan fingerprint density at radius 1 is 1.27 bits per heavy atom. The van der Waals surface area contributed by atoms with Gasteiger partial charge in [0.2, 0.25) is 0 Å². The first-order valence-electron chi connectivity index (χ1n) is 11.7. The predicted octanol–water partition coefficient (Wildman–Crippen LogP) is 0.759. The summed E-state index contributed by atoms with van der Waals surface area (Å²) in [6, 6.07) is 8.83. The van der Waals surface area contributed by atoms with Gasteiger partial charge in [-0.2, -0.15) is 18.4 Å². The summed E-state index contributed by atoms with van der Waals surface area (Å²) in [5.74, 6) is -0.531. The van der Waals surface area contributed by atoms with Gasteiger partial charge in [0.1, 0.15) is 34.2 Å². The van der Waals surface area contributed by atoms with Crippen molar-refractivity contribution < 1.29 is 22.7 Å². The van der Waals surface area contributed by atoms with E-state index in [-0.39, 0.29) is 15.7 Å². The fourth-order valence-corrected chi connectivity index (χ4v) is 4.73. The Kier molecular flexibility index (Phi) is 9.73. The molecular weight excluding hydrogens is 509 g/mol. The number of hydrogen-bond donors (Lipinski definition) is 2. The molecule has 200 valence electrons. The van der Waals surface area contributed by atoms with Crippen molar-refractivity contribution >= 4 is 34.7 Å². The second-order valence-electron chi connectivity index (χ2n) is 8.42. The van der Waals surface area contributed by atoms with E-state index in [4.69, 9.17) is 4.74 Å². The van der Waals surface area contributed by atoms with E-state index < -0.39 is 29.8 Å². The summed E-state index contributed by atoms with van der Waals surface area (Å²) in [5.41, 5.74) is -0.364. The lowest BCUT2D eigenvalue weighted by molar-refractivity contribution is -0.135. The van der Waals surface area contributed by atoms with E-state index in [2.05, 4.69) is 22.2 Å². The van der Waals surface area contributed by atoms with E-state index in [1.165, 1.54) is 10.8 Å². The number of amides is 1. The Morgan fingerprint density at radius 3 is 2.65 bits per heavy atom. The number of piperazine rings is 1. The Hall–Kier alpha value is -3.34. The minimum atomic E-state index is -4.62. The molecule has 0 aliphatic carbocycles. The molecule has 1 fully saturated rings. The van der Waals surface area contributed by atoms with Crippen molar-refractivity contribution in [2.45, 2.75) is 19.6 Å². The molecule has 0 bridgehead atoms. The van der Waals surface area contributed by atoms with Gasteiger partial charge in [0.15, 0.2) is 5.57 Å². The summed E-state index contributed by atoms with van der Waals surface area (Å²) < 4.78 is 44.6. The maximum Gasteiger partial charge on any atom is 0.405 e. The summed E-state index contributed by atoms with van der Waals surface area (Å²) >= 11 is 0.849. The number of hydrogen-bond acceptors (Lipinski definition) is 8. The molecule has 1 saturated heterocycles. The molecular formula is C24H29F3N6O3S. The van der Waals surface area contributed by atoms with Gasteiger partial charge >= 0.3 is 6.18 Å². The zero-order chi connectivity index (χ0) is 27.0. The van der Waals surface area contributed by atoms with Gasteiger partial charge in [-0.05, 0) is 26.1 Å². The summed E-state index contributed by atoms with van der Waals surface area (Å²) in [4.78, 5) is 29.7. The monoisotopic (exact) mass is 538 g/mol. The molecule has 1 aromatic carbocycles. The van der Waals surface area contributed by atoms with Gasteiger partial charge in [0, 0.05) is 57.2 Å². The smallest absolute Gasteiger partial charge is 0.405 e. The number of carbonyl (C=O) groups excluding carboxylic acids is 1. The molecule has 1 aromatic heterocycles. The number of benzene rings is 1. The molecule has 1 aliphatic rings. The molecule has 2 aromatic rings. The van der Waals surface area contributed by atoms with E-state index in [0.29, 0.717) is 18.0 Å². The molecule has 0 radical (unpaired) electrons. The average Bonchev–Trinajstić information content (AvgIpc) is 3.17. The molecule has 0 spiro atoms. The van der Waals surface area contributed by atoms with E-state index in [9.17, 15) is 28.0 Å². The van der Waals surface area contributed by atoms with Gasteiger partial charge in [0.25, 0.3) is 11.5 Å². The number of rotatable bonds is 9. The second-order valence-corrected chi connectivity index (χ2v) is 9.45. The Bertz CT molecular complexity index is 1310. The number of nitrogens with one attached hydrogen (secondary N) is 2. The van der Waals surface area contributed by atoms with Gasteiger partial charge in [-0.1, -0.05) is 6.07 Å². The van der Waals surface area contributed by atoms with Crippen LogP contribution in [0.25, 0.3) is 11.8 Å². The first kappa shape index (κ1) is 28.2. The van der Waals surface area contributed by atoms with Crippen molar-refractivity contribution in [3.05, 3.63) is 43.8 Å². The van der Waals surface area contributed by atoms with Crippen molar-refractivity contribution in [3.8, 4) is 11.8 Å². The Morgan fingerprint density at radius 2 is 2.00 bits per heavy atom. The van der Waals surface area contributed by atoms with Crippen LogP contribution in [0.2, 0.25) is 0 Å². The van der Waals surface area contributed by atoms with Crippen LogP contribution in [-0.2, 0) is 11.3 Å². The van der Waals surface area contributed by atoms with Crippen molar-refractivity contribution in [2.75, 3.05) is 58.2 Å². The highest BCUT2D eigenvalue weighted by atomic mass is 32.1. The van der Waals surface area contributed by atoms with Crippen molar-refractivity contribution in [1.82, 2.24) is 19.7 Å². The number of nitrogens with zero attached hydrogens (tertiary/aromatic N) is 4. The predicted molar refractivity (Wildman–Crippen MR) is 136 cm³/mol. The van der Waals surface area contributed by atoms with Crippen molar-refractivity contribution in [1.29, 1.82) is 5.26 Å². The van der Waals surface area contributed by atoms with E-state index in [1.807, 2.05) is 6.07 Å². The van der Waals surface area contributed by atoms with Crippen LogP contribution in [0.3, 0.4) is 0 Å². The molecule has 37 heavy (non-hydrogen) atoms. The number of carbonyl (C=O) groups is 1. The summed E-state index contributed by atoms with van der Waals surface area (Å²) in [7, 11) is 2.11. The molecule has 9 nitrogen and oxygen atoms in total. The van der Waals surface area contributed by atoms with Crippen LogP contribution in [0.4, 0.5) is 18.9 Å². The number of nitriles is 1.